The minimum atomic E-state index is -0.180. The molecule has 2 fully saturated rings. The number of H-pyrrole nitrogens is 1. The number of piperazine rings is 1. The number of hydrogen-bond donors (Lipinski definition) is 1. The third-order valence-electron chi connectivity index (χ3n) is 6.90. The Labute approximate surface area is 214 Å². The summed E-state index contributed by atoms with van der Waals surface area (Å²) in [7, 11) is 0. The molecule has 1 atom stereocenters. The van der Waals surface area contributed by atoms with Gasteiger partial charge in [-0.15, -0.1) is 0 Å². The fourth-order valence-electron chi connectivity index (χ4n) is 4.81. The zero-order valence-electron chi connectivity index (χ0n) is 20.6. The van der Waals surface area contributed by atoms with E-state index >= 15 is 0 Å². The summed E-state index contributed by atoms with van der Waals surface area (Å²) in [5.74, 6) is 1.16. The average Bonchev–Trinajstić information content (AvgIpc) is 3.42. The van der Waals surface area contributed by atoms with Gasteiger partial charge in [0.15, 0.2) is 0 Å². The minimum absolute atomic E-state index is 0.0430. The van der Waals surface area contributed by atoms with Gasteiger partial charge in [0.25, 0.3) is 11.5 Å². The van der Waals surface area contributed by atoms with Crippen LogP contribution in [0.3, 0.4) is 0 Å². The van der Waals surface area contributed by atoms with Crippen molar-refractivity contribution in [1.82, 2.24) is 25.1 Å². The van der Waals surface area contributed by atoms with Crippen molar-refractivity contribution in [3.63, 3.8) is 0 Å². The Bertz CT molecular complexity index is 1360. The number of aromatic nitrogens is 4. The lowest BCUT2D eigenvalue weighted by atomic mass is 10.1. The van der Waals surface area contributed by atoms with Crippen molar-refractivity contribution in [2.75, 3.05) is 49.1 Å². The molecule has 11 nitrogen and oxygen atoms in total. The van der Waals surface area contributed by atoms with Gasteiger partial charge in [-0.1, -0.05) is 6.07 Å². The summed E-state index contributed by atoms with van der Waals surface area (Å²) in [5, 5.41) is 15.4. The molecule has 0 unspecified atom stereocenters. The van der Waals surface area contributed by atoms with Gasteiger partial charge in [-0.05, 0) is 38.0 Å². The fraction of sp³-hybridized carbons (Fsp3) is 0.385. The topological polar surface area (TPSA) is 131 Å². The number of carbonyl (C=O) groups excluding carboxylic acids is 1. The van der Waals surface area contributed by atoms with Crippen molar-refractivity contribution in [2.24, 2.45) is 0 Å². The van der Waals surface area contributed by atoms with Gasteiger partial charge in [0.1, 0.15) is 18.4 Å². The number of rotatable bonds is 6. The highest BCUT2D eigenvalue weighted by atomic mass is 16.5. The predicted molar refractivity (Wildman–Crippen MR) is 137 cm³/mol. The van der Waals surface area contributed by atoms with Crippen molar-refractivity contribution >= 4 is 17.5 Å². The first-order chi connectivity index (χ1) is 18.0. The molecule has 11 heteroatoms. The molecule has 0 bridgehead atoms. The van der Waals surface area contributed by atoms with E-state index in [0.29, 0.717) is 61.2 Å². The summed E-state index contributed by atoms with van der Waals surface area (Å²) in [5.41, 5.74) is 2.31. The number of anilines is 2. The second kappa shape index (κ2) is 10.7. The van der Waals surface area contributed by atoms with Gasteiger partial charge >= 0.3 is 0 Å². The van der Waals surface area contributed by atoms with Crippen LogP contribution in [0.1, 0.15) is 34.3 Å². The van der Waals surface area contributed by atoms with Crippen LogP contribution in [0.4, 0.5) is 11.6 Å². The van der Waals surface area contributed by atoms with E-state index in [2.05, 4.69) is 25.1 Å². The fourth-order valence-corrected chi connectivity index (χ4v) is 4.81. The lowest BCUT2D eigenvalue weighted by Crippen LogP contribution is -2.49. The lowest BCUT2D eigenvalue weighted by molar-refractivity contribution is 0.0745. The Morgan fingerprint density at radius 1 is 1.16 bits per heavy atom. The maximum absolute atomic E-state index is 13.2. The van der Waals surface area contributed by atoms with Crippen molar-refractivity contribution in [3.8, 4) is 11.8 Å². The van der Waals surface area contributed by atoms with E-state index in [4.69, 9.17) is 10.00 Å². The molecule has 0 saturated carbocycles. The molecule has 5 rings (SSSR count). The quantitative estimate of drug-likeness (QED) is 0.538. The summed E-state index contributed by atoms with van der Waals surface area (Å²) < 4.78 is 6.12. The van der Waals surface area contributed by atoms with Crippen molar-refractivity contribution in [1.29, 1.82) is 5.26 Å². The summed E-state index contributed by atoms with van der Waals surface area (Å²) in [6.45, 7) is 5.43. The number of aromatic amines is 1. The predicted octanol–water partition coefficient (Wildman–Crippen LogP) is 1.75. The number of nitrogens with one attached hydrogen (secondary N) is 1. The molecule has 0 aliphatic carbocycles. The number of nitriles is 1. The summed E-state index contributed by atoms with van der Waals surface area (Å²) in [4.78, 5) is 39.7. The molecule has 2 aromatic heterocycles. The van der Waals surface area contributed by atoms with Crippen LogP contribution < -0.4 is 20.1 Å². The van der Waals surface area contributed by atoms with E-state index in [1.807, 2.05) is 28.0 Å². The first kappa shape index (κ1) is 24.2. The monoisotopic (exact) mass is 500 g/mol. The molecule has 2 aliphatic rings. The van der Waals surface area contributed by atoms with Crippen LogP contribution in [-0.4, -0.2) is 76.3 Å². The van der Waals surface area contributed by atoms with Crippen molar-refractivity contribution < 1.29 is 9.53 Å². The largest absolute Gasteiger partial charge is 0.491 e. The molecular weight excluding hydrogens is 472 g/mol. The van der Waals surface area contributed by atoms with Gasteiger partial charge in [-0.2, -0.15) is 10.4 Å². The summed E-state index contributed by atoms with van der Waals surface area (Å²) in [6.07, 6.45) is 6.68. The van der Waals surface area contributed by atoms with E-state index in [1.165, 1.54) is 12.4 Å². The van der Waals surface area contributed by atoms with Crippen molar-refractivity contribution in [2.45, 2.75) is 25.8 Å². The van der Waals surface area contributed by atoms with Crippen LogP contribution in [0.15, 0.2) is 47.7 Å². The molecule has 0 radical (unpaired) electrons. The molecule has 3 aromatic rings. The van der Waals surface area contributed by atoms with Crippen LogP contribution in [0.2, 0.25) is 0 Å². The highest BCUT2D eigenvalue weighted by molar-refractivity contribution is 5.94. The molecule has 1 aromatic carbocycles. The maximum atomic E-state index is 13.2. The van der Waals surface area contributed by atoms with Gasteiger partial charge in [0.05, 0.1) is 35.9 Å². The molecular formula is C26H28N8O3. The second-order valence-corrected chi connectivity index (χ2v) is 9.20. The SMILES string of the molecule is Cc1c(N2CCC[C@H]2COc2cccc(C(=O)N3CCN(c4ncc(C#N)cn4)CC3)c2)cn[nH]c1=O. The lowest BCUT2D eigenvalue weighted by Gasteiger charge is -2.34. The Kier molecular flexibility index (Phi) is 6.98. The van der Waals surface area contributed by atoms with Crippen LogP contribution in [0.25, 0.3) is 0 Å². The number of carbonyl (C=O) groups is 1. The van der Waals surface area contributed by atoms with Crippen LogP contribution in [-0.2, 0) is 0 Å². The Morgan fingerprint density at radius 2 is 1.95 bits per heavy atom. The molecule has 0 spiro atoms. The van der Waals surface area contributed by atoms with Crippen LogP contribution in [0, 0.1) is 18.3 Å². The Balaban J connectivity index is 1.18. The smallest absolute Gasteiger partial charge is 0.269 e. The normalized spacial score (nSPS) is 17.5. The zero-order chi connectivity index (χ0) is 25.8. The average molecular weight is 501 g/mol. The summed E-state index contributed by atoms with van der Waals surface area (Å²) >= 11 is 0. The Morgan fingerprint density at radius 3 is 2.70 bits per heavy atom. The molecule has 2 saturated heterocycles. The van der Waals surface area contributed by atoms with E-state index in [1.54, 1.807) is 25.3 Å². The maximum Gasteiger partial charge on any atom is 0.269 e. The highest BCUT2D eigenvalue weighted by Crippen LogP contribution is 2.27. The van der Waals surface area contributed by atoms with E-state index in [9.17, 15) is 9.59 Å². The van der Waals surface area contributed by atoms with Gasteiger partial charge in [0.2, 0.25) is 5.95 Å². The molecule has 1 N–H and O–H groups in total. The summed E-state index contributed by atoms with van der Waals surface area (Å²) in [6, 6.07) is 9.43. The van der Waals surface area contributed by atoms with Gasteiger partial charge in [-0.3, -0.25) is 9.59 Å². The van der Waals surface area contributed by atoms with Crippen LogP contribution >= 0.6 is 0 Å². The number of nitrogens with zero attached hydrogens (tertiary/aromatic N) is 7. The van der Waals surface area contributed by atoms with Crippen molar-refractivity contribution in [3.05, 3.63) is 69.9 Å². The molecule has 2 aliphatic heterocycles. The third-order valence-corrected chi connectivity index (χ3v) is 6.90. The molecule has 190 valence electrons. The van der Waals surface area contributed by atoms with E-state index in [-0.39, 0.29) is 17.5 Å². The van der Waals surface area contributed by atoms with E-state index in [0.717, 1.165) is 25.1 Å². The number of ether oxygens (including phenoxy) is 1. The molecule has 4 heterocycles. The standard InChI is InChI=1S/C26H28N8O3/c1-18-23(16-30-31-24(18)35)34-7-3-5-21(34)17-37-22-6-2-4-20(12-22)25(36)32-8-10-33(11-9-32)26-28-14-19(13-27)15-29-26/h2,4,6,12,14-16,21H,3,5,7-11,17H2,1H3,(H,31,35)/t21-/m0/s1. The minimum Gasteiger partial charge on any atom is -0.491 e. The van der Waals surface area contributed by atoms with Gasteiger partial charge in [0, 0.05) is 43.9 Å². The van der Waals surface area contributed by atoms with Crippen LogP contribution in [0.5, 0.6) is 5.75 Å². The second-order valence-electron chi connectivity index (χ2n) is 9.20. The number of benzene rings is 1. The van der Waals surface area contributed by atoms with E-state index < -0.39 is 0 Å². The first-order valence-corrected chi connectivity index (χ1v) is 12.3. The zero-order valence-corrected chi connectivity index (χ0v) is 20.6. The Hall–Kier alpha value is -4.46. The third kappa shape index (κ3) is 5.23. The highest BCUT2D eigenvalue weighted by Gasteiger charge is 2.28. The molecule has 37 heavy (non-hydrogen) atoms. The number of amides is 1. The first-order valence-electron chi connectivity index (χ1n) is 12.3. The molecule has 1 amide bonds. The number of hydrogen-bond acceptors (Lipinski definition) is 9. The van der Waals surface area contributed by atoms with Gasteiger partial charge in [-0.25, -0.2) is 15.1 Å². The van der Waals surface area contributed by atoms with Gasteiger partial charge < -0.3 is 19.4 Å².